The Morgan fingerprint density at radius 2 is 2.10 bits per heavy atom. The molecule has 20 heavy (non-hydrogen) atoms. The molecule has 0 heterocycles. The Kier molecular flexibility index (Phi) is 6.09. The molecule has 0 spiro atoms. The van der Waals surface area contributed by atoms with Gasteiger partial charge < -0.3 is 14.9 Å². The van der Waals surface area contributed by atoms with Gasteiger partial charge in [-0.25, -0.2) is 10.3 Å². The highest BCUT2D eigenvalue weighted by molar-refractivity contribution is 5.88. The van der Waals surface area contributed by atoms with Crippen LogP contribution in [0.5, 0.6) is 5.75 Å². The summed E-state index contributed by atoms with van der Waals surface area (Å²) in [5.74, 6) is 0.198. The lowest BCUT2D eigenvalue weighted by Gasteiger charge is -2.09. The molecule has 1 aromatic carbocycles. The van der Waals surface area contributed by atoms with Crippen molar-refractivity contribution >= 4 is 12.2 Å². The largest absolute Gasteiger partial charge is 0.491 e. The van der Waals surface area contributed by atoms with E-state index < -0.39 is 12.0 Å². The minimum Gasteiger partial charge on any atom is -0.491 e. The first-order chi connectivity index (χ1) is 9.60. The lowest BCUT2D eigenvalue weighted by Crippen LogP contribution is -2.16. The molecule has 0 bridgehead atoms. The maximum Gasteiger partial charge on any atom is 0.333 e. The van der Waals surface area contributed by atoms with Crippen molar-refractivity contribution in [2.75, 3.05) is 13.7 Å². The molecule has 0 fully saturated rings. The molecule has 0 saturated carbocycles. The van der Waals surface area contributed by atoms with E-state index in [4.69, 9.17) is 15.7 Å². The Hall–Kier alpha value is -2.50. The monoisotopic (exact) mass is 275 g/mol. The van der Waals surface area contributed by atoms with Crippen molar-refractivity contribution in [3.63, 3.8) is 0 Å². The van der Waals surface area contributed by atoms with Crippen molar-refractivity contribution < 1.29 is 14.3 Å². The molecule has 1 rings (SSSR count). The van der Waals surface area contributed by atoms with Crippen LogP contribution < -0.4 is 4.74 Å². The predicted molar refractivity (Wildman–Crippen MR) is 74.5 cm³/mol. The zero-order valence-corrected chi connectivity index (χ0v) is 11.3. The molecule has 0 radical (unpaired) electrons. The minimum atomic E-state index is -0.561. The van der Waals surface area contributed by atoms with Crippen LogP contribution in [-0.4, -0.2) is 31.9 Å². The van der Waals surface area contributed by atoms with Crippen LogP contribution in [0.1, 0.15) is 5.56 Å². The van der Waals surface area contributed by atoms with Crippen molar-refractivity contribution in [3.8, 4) is 5.75 Å². The van der Waals surface area contributed by atoms with E-state index in [1.54, 1.807) is 12.1 Å². The second-order valence-electron chi connectivity index (χ2n) is 4.09. The number of methoxy groups -OCH3 is 1. The highest BCUT2D eigenvalue weighted by atomic mass is 16.5. The maximum absolute atomic E-state index is 11.2. The zero-order valence-electron chi connectivity index (χ0n) is 11.3. The van der Waals surface area contributed by atoms with Gasteiger partial charge in [-0.15, -0.1) is 0 Å². The van der Waals surface area contributed by atoms with Gasteiger partial charge in [0.2, 0.25) is 0 Å². The Bertz CT molecular complexity index is 489. The van der Waals surface area contributed by atoms with Crippen LogP contribution in [-0.2, 0) is 16.0 Å². The molecule has 6 nitrogen and oxygen atoms in total. The quantitative estimate of drug-likeness (QED) is 0.330. The Morgan fingerprint density at radius 3 is 2.60 bits per heavy atom. The zero-order chi connectivity index (χ0) is 15.0. The van der Waals surface area contributed by atoms with Gasteiger partial charge in [0, 0.05) is 18.2 Å². The van der Waals surface area contributed by atoms with Crippen molar-refractivity contribution in [1.29, 1.82) is 10.9 Å². The van der Waals surface area contributed by atoms with E-state index in [0.717, 1.165) is 11.8 Å². The number of carbonyl (C=O) groups excluding carboxylic acids is 1. The van der Waals surface area contributed by atoms with Crippen molar-refractivity contribution in [2.24, 2.45) is 5.11 Å². The molecule has 0 amide bonds. The van der Waals surface area contributed by atoms with E-state index in [2.05, 4.69) is 16.4 Å². The maximum atomic E-state index is 11.2. The number of esters is 1. The standard InChI is InChI=1S/C14H17N3O3/c1-10(14(18)19-2)7-11-3-5-13(6-4-11)20-9-12(8-15)17-16/h3-6,8,12,15-16H,1,7,9H2,2H3. The van der Waals surface area contributed by atoms with Gasteiger partial charge in [-0.05, 0) is 17.7 Å². The second-order valence-corrected chi connectivity index (χ2v) is 4.09. The Morgan fingerprint density at radius 1 is 1.45 bits per heavy atom. The smallest absolute Gasteiger partial charge is 0.333 e. The number of carbonyl (C=O) groups is 1. The third-order valence-electron chi connectivity index (χ3n) is 2.59. The minimum absolute atomic E-state index is 0.154. The van der Waals surface area contributed by atoms with E-state index in [0.29, 0.717) is 17.7 Å². The van der Waals surface area contributed by atoms with Gasteiger partial charge in [0.25, 0.3) is 0 Å². The Balaban J connectivity index is 2.56. The number of hydrogen-bond acceptors (Lipinski definition) is 6. The average Bonchev–Trinajstić information content (AvgIpc) is 2.49. The summed E-state index contributed by atoms with van der Waals surface area (Å²) >= 11 is 0. The van der Waals surface area contributed by atoms with E-state index >= 15 is 0 Å². The van der Waals surface area contributed by atoms with Gasteiger partial charge >= 0.3 is 5.97 Å². The van der Waals surface area contributed by atoms with E-state index in [-0.39, 0.29) is 6.61 Å². The van der Waals surface area contributed by atoms with Crippen LogP contribution in [0.4, 0.5) is 0 Å². The molecule has 2 N–H and O–H groups in total. The van der Waals surface area contributed by atoms with Crippen LogP contribution in [0.25, 0.3) is 0 Å². The van der Waals surface area contributed by atoms with Gasteiger partial charge in [0.15, 0.2) is 0 Å². The van der Waals surface area contributed by atoms with Crippen LogP contribution >= 0.6 is 0 Å². The summed E-state index contributed by atoms with van der Waals surface area (Å²) in [6, 6.07) is 6.59. The summed E-state index contributed by atoms with van der Waals surface area (Å²) in [6.07, 6.45) is 1.47. The lowest BCUT2D eigenvalue weighted by atomic mass is 10.1. The number of ether oxygens (including phenoxy) is 2. The van der Waals surface area contributed by atoms with Crippen molar-refractivity contribution in [3.05, 3.63) is 42.0 Å². The molecule has 0 aliphatic rings. The van der Waals surface area contributed by atoms with Gasteiger partial charge in [0.1, 0.15) is 18.4 Å². The highest BCUT2D eigenvalue weighted by Crippen LogP contribution is 2.15. The summed E-state index contributed by atoms with van der Waals surface area (Å²) in [5.41, 5.74) is 8.14. The molecule has 0 saturated heterocycles. The summed E-state index contributed by atoms with van der Waals surface area (Å²) in [6.45, 7) is 3.81. The SMILES string of the molecule is C=C(Cc1ccc(OCC(C=N)N=N)cc1)C(=O)OC. The number of nitrogens with one attached hydrogen (secondary N) is 2. The van der Waals surface area contributed by atoms with E-state index in [1.807, 2.05) is 12.1 Å². The number of hydrogen-bond donors (Lipinski definition) is 2. The third kappa shape index (κ3) is 4.64. The molecular weight excluding hydrogens is 258 g/mol. The molecule has 0 aromatic heterocycles. The molecule has 1 aromatic rings. The number of nitrogens with zero attached hydrogens (tertiary/aromatic N) is 1. The Labute approximate surface area is 117 Å². The predicted octanol–water partition coefficient (Wildman–Crippen LogP) is 2.39. The van der Waals surface area contributed by atoms with Crippen LogP contribution in [0, 0.1) is 10.9 Å². The molecule has 0 aliphatic carbocycles. The highest BCUT2D eigenvalue weighted by Gasteiger charge is 2.08. The van der Waals surface area contributed by atoms with Crippen LogP contribution in [0.15, 0.2) is 41.5 Å². The first kappa shape index (κ1) is 15.6. The number of benzene rings is 1. The molecule has 6 heteroatoms. The molecule has 106 valence electrons. The van der Waals surface area contributed by atoms with Crippen LogP contribution in [0.3, 0.4) is 0 Å². The lowest BCUT2D eigenvalue weighted by molar-refractivity contribution is -0.136. The van der Waals surface area contributed by atoms with Gasteiger partial charge in [-0.2, -0.15) is 5.11 Å². The van der Waals surface area contributed by atoms with Gasteiger partial charge in [-0.3, -0.25) is 0 Å². The van der Waals surface area contributed by atoms with Gasteiger partial charge in [-0.1, -0.05) is 18.7 Å². The summed E-state index contributed by atoms with van der Waals surface area (Å²) in [5, 5.41) is 10.2. The van der Waals surface area contributed by atoms with Crippen LogP contribution in [0.2, 0.25) is 0 Å². The average molecular weight is 275 g/mol. The normalized spacial score (nSPS) is 11.2. The first-order valence-electron chi connectivity index (χ1n) is 5.95. The topological polar surface area (TPSA) is 95.6 Å². The van der Waals surface area contributed by atoms with E-state index in [9.17, 15) is 4.79 Å². The molecule has 1 unspecified atom stereocenters. The molecule has 1 atom stereocenters. The fourth-order valence-electron chi connectivity index (χ4n) is 1.47. The van der Waals surface area contributed by atoms with Crippen molar-refractivity contribution in [1.82, 2.24) is 0 Å². The summed E-state index contributed by atoms with van der Waals surface area (Å²) < 4.78 is 9.98. The molecular formula is C14H17N3O3. The fraction of sp³-hybridized carbons (Fsp3) is 0.286. The molecule has 0 aliphatic heterocycles. The second kappa shape index (κ2) is 7.83. The third-order valence-corrected chi connectivity index (χ3v) is 2.59. The fourth-order valence-corrected chi connectivity index (χ4v) is 1.47. The van der Waals surface area contributed by atoms with Gasteiger partial charge in [0.05, 0.1) is 7.11 Å². The van der Waals surface area contributed by atoms with Crippen molar-refractivity contribution in [2.45, 2.75) is 12.5 Å². The van der Waals surface area contributed by atoms with E-state index in [1.165, 1.54) is 7.11 Å². The first-order valence-corrected chi connectivity index (χ1v) is 5.95. The number of rotatable bonds is 8. The summed E-state index contributed by atoms with van der Waals surface area (Å²) in [7, 11) is 1.32. The summed E-state index contributed by atoms with van der Waals surface area (Å²) in [4.78, 5) is 11.2.